The van der Waals surface area contributed by atoms with Gasteiger partial charge in [-0.25, -0.2) is 0 Å². The average Bonchev–Trinajstić information content (AvgIpc) is 3.31. The molecule has 4 aliphatic rings. The number of hydrogen-bond donors (Lipinski definition) is 0. The molecule has 8 heteroatoms. The van der Waals surface area contributed by atoms with Crippen LogP contribution in [0.1, 0.15) is 36.8 Å². The second-order valence-corrected chi connectivity index (χ2v) is 10.1. The van der Waals surface area contributed by atoms with Gasteiger partial charge in [-0.1, -0.05) is 30.7 Å². The van der Waals surface area contributed by atoms with E-state index in [2.05, 4.69) is 0 Å². The molecule has 0 N–H and O–H groups in total. The summed E-state index contributed by atoms with van der Waals surface area (Å²) in [7, 11) is 4.85. The lowest BCUT2D eigenvalue weighted by Gasteiger charge is -2.38. The summed E-state index contributed by atoms with van der Waals surface area (Å²) in [5.74, 6) is 0.112. The highest BCUT2D eigenvalue weighted by Crippen LogP contribution is 2.56. The molecule has 1 spiro atoms. The van der Waals surface area contributed by atoms with Crippen molar-refractivity contribution in [2.24, 2.45) is 5.92 Å². The molecule has 3 aliphatic heterocycles. The second kappa shape index (κ2) is 8.64. The normalized spacial score (nSPS) is 26.3. The van der Waals surface area contributed by atoms with E-state index in [1.807, 2.05) is 42.5 Å². The Hall–Kier alpha value is -3.81. The summed E-state index contributed by atoms with van der Waals surface area (Å²) in [5, 5.41) is 0. The van der Waals surface area contributed by atoms with Crippen LogP contribution in [0, 0.1) is 5.92 Å². The van der Waals surface area contributed by atoms with Gasteiger partial charge in [0, 0.05) is 24.8 Å². The molecule has 3 heterocycles. The molecule has 8 nitrogen and oxygen atoms in total. The van der Waals surface area contributed by atoms with Crippen molar-refractivity contribution < 1.29 is 28.6 Å². The number of methoxy groups -OCH3 is 2. The van der Waals surface area contributed by atoms with E-state index in [9.17, 15) is 14.4 Å². The molecule has 3 atom stereocenters. The number of para-hydroxylation sites is 1. The molecule has 6 rings (SSSR count). The zero-order valence-corrected chi connectivity index (χ0v) is 21.3. The SMILES string of the molecule is COc1ccc(CCN2C(=O)C3=C(C(=O)C4CCCCC4O3)C23C(=O)N(C)c2ccccc23)cc1OC. The first kappa shape index (κ1) is 23.6. The Morgan fingerprint density at radius 2 is 1.76 bits per heavy atom. The fourth-order valence-electron chi connectivity index (χ4n) is 6.54. The Morgan fingerprint density at radius 1 is 1.00 bits per heavy atom. The van der Waals surface area contributed by atoms with Crippen LogP contribution in [0.15, 0.2) is 53.8 Å². The highest BCUT2D eigenvalue weighted by molar-refractivity contribution is 6.23. The van der Waals surface area contributed by atoms with Crippen molar-refractivity contribution in [3.8, 4) is 11.5 Å². The fraction of sp³-hybridized carbons (Fsp3) is 0.414. The highest BCUT2D eigenvalue weighted by atomic mass is 16.5. The van der Waals surface area contributed by atoms with Gasteiger partial charge >= 0.3 is 0 Å². The van der Waals surface area contributed by atoms with E-state index in [1.54, 1.807) is 31.1 Å². The van der Waals surface area contributed by atoms with Crippen LogP contribution < -0.4 is 14.4 Å². The Balaban J connectivity index is 1.46. The monoisotopic (exact) mass is 502 g/mol. The molecule has 1 fully saturated rings. The lowest BCUT2D eigenvalue weighted by atomic mass is 9.73. The number of likely N-dealkylation sites (N-methyl/N-ethyl adjacent to an activating group) is 1. The molecule has 3 unspecified atom stereocenters. The summed E-state index contributed by atoms with van der Waals surface area (Å²) in [6.45, 7) is 0.223. The molecule has 0 saturated heterocycles. The molecule has 2 aromatic rings. The van der Waals surface area contributed by atoms with Crippen molar-refractivity contribution in [3.05, 3.63) is 64.9 Å². The number of nitrogens with zero attached hydrogens (tertiary/aromatic N) is 2. The summed E-state index contributed by atoms with van der Waals surface area (Å²) in [6, 6.07) is 13.0. The molecular formula is C29H30N2O6. The van der Waals surface area contributed by atoms with Crippen LogP contribution in [-0.4, -0.2) is 56.4 Å². The molecule has 0 radical (unpaired) electrons. The van der Waals surface area contributed by atoms with Gasteiger partial charge in [-0.3, -0.25) is 14.4 Å². The van der Waals surface area contributed by atoms with E-state index in [-0.39, 0.29) is 41.6 Å². The average molecular weight is 503 g/mol. The molecule has 192 valence electrons. The van der Waals surface area contributed by atoms with Crippen molar-refractivity contribution in [3.63, 3.8) is 0 Å². The zero-order chi connectivity index (χ0) is 25.9. The van der Waals surface area contributed by atoms with Crippen molar-refractivity contribution in [2.75, 3.05) is 32.7 Å². The first-order valence-electron chi connectivity index (χ1n) is 12.8. The van der Waals surface area contributed by atoms with E-state index in [0.29, 0.717) is 35.6 Å². The summed E-state index contributed by atoms with van der Waals surface area (Å²) >= 11 is 0. The number of amides is 2. The number of carbonyl (C=O) groups excluding carboxylic acids is 3. The topological polar surface area (TPSA) is 85.4 Å². The minimum Gasteiger partial charge on any atom is -0.493 e. The minimum atomic E-state index is -1.52. The van der Waals surface area contributed by atoms with E-state index in [0.717, 1.165) is 24.8 Å². The quantitative estimate of drug-likeness (QED) is 0.623. The molecule has 1 aliphatic carbocycles. The van der Waals surface area contributed by atoms with Crippen molar-refractivity contribution in [2.45, 2.75) is 43.7 Å². The largest absolute Gasteiger partial charge is 0.493 e. The van der Waals surface area contributed by atoms with E-state index >= 15 is 0 Å². The predicted molar refractivity (Wildman–Crippen MR) is 135 cm³/mol. The smallest absolute Gasteiger partial charge is 0.290 e. The van der Waals surface area contributed by atoms with Crippen LogP contribution in [0.3, 0.4) is 0 Å². The lowest BCUT2D eigenvalue weighted by molar-refractivity contribution is -0.140. The molecule has 2 amide bonds. The van der Waals surface area contributed by atoms with Crippen LogP contribution in [0.4, 0.5) is 5.69 Å². The van der Waals surface area contributed by atoms with Gasteiger partial charge in [-0.05, 0) is 49.4 Å². The Bertz CT molecular complexity index is 1350. The maximum absolute atomic E-state index is 14.2. The predicted octanol–water partition coefficient (Wildman–Crippen LogP) is 3.37. The summed E-state index contributed by atoms with van der Waals surface area (Å²) in [5.41, 5.74) is 0.963. The minimum absolute atomic E-state index is 0.0546. The lowest BCUT2D eigenvalue weighted by Crippen LogP contribution is -2.54. The number of rotatable bonds is 5. The number of ether oxygens (including phenoxy) is 3. The third-order valence-electron chi connectivity index (χ3n) is 8.33. The van der Waals surface area contributed by atoms with Crippen LogP contribution >= 0.6 is 0 Å². The number of Topliss-reactive ketones (excluding diaryl/α,β-unsaturated/α-hetero) is 1. The number of hydrogen-bond acceptors (Lipinski definition) is 6. The molecule has 0 bridgehead atoms. The van der Waals surface area contributed by atoms with Gasteiger partial charge in [0.05, 0.1) is 25.7 Å². The third-order valence-corrected chi connectivity index (χ3v) is 8.33. The van der Waals surface area contributed by atoms with Gasteiger partial charge < -0.3 is 24.0 Å². The molecule has 1 saturated carbocycles. The summed E-state index contributed by atoms with van der Waals surface area (Å²) in [4.78, 5) is 45.3. The maximum atomic E-state index is 14.2. The zero-order valence-electron chi connectivity index (χ0n) is 21.3. The van der Waals surface area contributed by atoms with Crippen LogP contribution in [0.2, 0.25) is 0 Å². The van der Waals surface area contributed by atoms with E-state index < -0.39 is 11.4 Å². The number of carbonyl (C=O) groups is 3. The molecular weight excluding hydrogens is 472 g/mol. The van der Waals surface area contributed by atoms with Gasteiger partial charge in [0.15, 0.2) is 28.6 Å². The van der Waals surface area contributed by atoms with Gasteiger partial charge in [-0.15, -0.1) is 0 Å². The number of fused-ring (bicyclic) bond motifs is 4. The van der Waals surface area contributed by atoms with Gasteiger partial charge in [0.1, 0.15) is 6.10 Å². The van der Waals surface area contributed by atoms with Crippen LogP contribution in [-0.2, 0) is 31.1 Å². The summed E-state index contributed by atoms with van der Waals surface area (Å²) in [6.07, 6.45) is 3.49. The van der Waals surface area contributed by atoms with E-state index in [4.69, 9.17) is 14.2 Å². The van der Waals surface area contributed by atoms with Gasteiger partial charge in [-0.2, -0.15) is 0 Å². The van der Waals surface area contributed by atoms with Crippen LogP contribution in [0.5, 0.6) is 11.5 Å². The van der Waals surface area contributed by atoms with Gasteiger partial charge in [0.2, 0.25) is 0 Å². The van der Waals surface area contributed by atoms with Crippen molar-refractivity contribution in [1.82, 2.24) is 4.90 Å². The van der Waals surface area contributed by atoms with E-state index in [1.165, 1.54) is 0 Å². The van der Waals surface area contributed by atoms with Crippen molar-refractivity contribution >= 4 is 23.3 Å². The highest BCUT2D eigenvalue weighted by Gasteiger charge is 2.67. The fourth-order valence-corrected chi connectivity index (χ4v) is 6.54. The number of benzene rings is 2. The van der Waals surface area contributed by atoms with Crippen molar-refractivity contribution in [1.29, 1.82) is 0 Å². The first-order valence-corrected chi connectivity index (χ1v) is 12.8. The summed E-state index contributed by atoms with van der Waals surface area (Å²) < 4.78 is 17.1. The first-order chi connectivity index (χ1) is 17.9. The third kappa shape index (κ3) is 3.17. The standard InChI is InChI=1S/C29H30N2O6/c1-30-20-10-6-5-9-19(20)29(28(30)34)24-25(32)18-8-4-7-11-21(18)37-26(24)27(33)31(29)15-14-17-12-13-22(35-2)23(16-17)36-3/h5-6,9-10,12-13,16,18,21H,4,7-8,11,14-15H2,1-3H3. The Labute approximate surface area is 215 Å². The van der Waals surface area contributed by atoms with Gasteiger partial charge in [0.25, 0.3) is 11.8 Å². The molecule has 0 aromatic heterocycles. The Kier molecular flexibility index (Phi) is 5.51. The molecule has 2 aromatic carbocycles. The second-order valence-electron chi connectivity index (χ2n) is 10.1. The number of anilines is 1. The maximum Gasteiger partial charge on any atom is 0.290 e. The molecule has 37 heavy (non-hydrogen) atoms. The Morgan fingerprint density at radius 3 is 2.54 bits per heavy atom. The number of ketones is 1. The van der Waals surface area contributed by atoms with Crippen LogP contribution in [0.25, 0.3) is 0 Å².